The fourth-order valence-corrected chi connectivity index (χ4v) is 1.94. The molecule has 0 aliphatic heterocycles. The van der Waals surface area contributed by atoms with Gasteiger partial charge >= 0.3 is 0 Å². The summed E-state index contributed by atoms with van der Waals surface area (Å²) in [5.74, 6) is 0.626. The molecule has 0 bridgehead atoms. The Morgan fingerprint density at radius 3 is 2.93 bits per heavy atom. The van der Waals surface area contributed by atoms with E-state index in [0.29, 0.717) is 11.4 Å². The quantitative estimate of drug-likeness (QED) is 0.815. The van der Waals surface area contributed by atoms with Crippen LogP contribution in [0, 0.1) is 11.3 Å². The standard InChI is InChI=1S/C11H14N4/c1-2-11(5-3-6-11)14-10-9(8-12)4-7-13-15-10/h4,7H,2-3,5-6H2,1H3,(H,14,15). The Labute approximate surface area is 89.3 Å². The maximum Gasteiger partial charge on any atom is 0.167 e. The van der Waals surface area contributed by atoms with Gasteiger partial charge in [0.15, 0.2) is 5.82 Å². The lowest BCUT2D eigenvalue weighted by Gasteiger charge is -2.42. The third-order valence-electron chi connectivity index (χ3n) is 3.21. The molecule has 15 heavy (non-hydrogen) atoms. The van der Waals surface area contributed by atoms with E-state index in [4.69, 9.17) is 5.26 Å². The Bertz CT molecular complexity index is 384. The summed E-state index contributed by atoms with van der Waals surface area (Å²) in [6.07, 6.45) is 6.18. The Kier molecular flexibility index (Phi) is 2.55. The fraction of sp³-hybridized carbons (Fsp3) is 0.545. The molecule has 4 heteroatoms. The summed E-state index contributed by atoms with van der Waals surface area (Å²) < 4.78 is 0. The highest BCUT2D eigenvalue weighted by Crippen LogP contribution is 2.37. The van der Waals surface area contributed by atoms with Crippen LogP contribution in [0.2, 0.25) is 0 Å². The van der Waals surface area contributed by atoms with Gasteiger partial charge in [-0.15, -0.1) is 5.10 Å². The van der Waals surface area contributed by atoms with Gasteiger partial charge in [-0.2, -0.15) is 10.4 Å². The summed E-state index contributed by atoms with van der Waals surface area (Å²) in [5, 5.41) is 20.1. The van der Waals surface area contributed by atoms with Gasteiger partial charge in [0.25, 0.3) is 0 Å². The topological polar surface area (TPSA) is 61.6 Å². The first-order valence-electron chi connectivity index (χ1n) is 5.30. The predicted molar refractivity (Wildman–Crippen MR) is 57.2 cm³/mol. The van der Waals surface area contributed by atoms with Crippen molar-refractivity contribution in [1.82, 2.24) is 10.2 Å². The summed E-state index contributed by atoms with van der Waals surface area (Å²) in [7, 11) is 0. The predicted octanol–water partition coefficient (Wildman–Crippen LogP) is 2.09. The van der Waals surface area contributed by atoms with Gasteiger partial charge in [0.1, 0.15) is 6.07 Å². The molecule has 1 aromatic heterocycles. The zero-order chi connectivity index (χ0) is 10.7. The maximum atomic E-state index is 8.92. The van der Waals surface area contributed by atoms with Gasteiger partial charge in [-0.3, -0.25) is 0 Å². The van der Waals surface area contributed by atoms with Crippen molar-refractivity contribution >= 4 is 5.82 Å². The number of nitriles is 1. The zero-order valence-corrected chi connectivity index (χ0v) is 8.82. The minimum Gasteiger partial charge on any atom is -0.362 e. The molecule has 0 aromatic carbocycles. The van der Waals surface area contributed by atoms with Crippen LogP contribution < -0.4 is 5.32 Å². The number of hydrogen-bond acceptors (Lipinski definition) is 4. The Balaban J connectivity index is 2.20. The summed E-state index contributed by atoms with van der Waals surface area (Å²) in [5.41, 5.74) is 0.728. The molecule has 1 heterocycles. The Morgan fingerprint density at radius 2 is 2.40 bits per heavy atom. The summed E-state index contributed by atoms with van der Waals surface area (Å²) in [6, 6.07) is 3.82. The van der Waals surface area contributed by atoms with Crippen LogP contribution in [-0.4, -0.2) is 15.7 Å². The molecular weight excluding hydrogens is 188 g/mol. The van der Waals surface area contributed by atoms with Crippen LogP contribution in [0.1, 0.15) is 38.2 Å². The summed E-state index contributed by atoms with van der Waals surface area (Å²) in [4.78, 5) is 0. The Hall–Kier alpha value is -1.63. The van der Waals surface area contributed by atoms with Crippen molar-refractivity contribution in [3.8, 4) is 6.07 Å². The first kappa shape index (κ1) is 9.91. The molecule has 0 amide bonds. The molecule has 0 spiro atoms. The van der Waals surface area contributed by atoms with E-state index in [1.165, 1.54) is 6.42 Å². The van der Waals surface area contributed by atoms with Crippen molar-refractivity contribution in [1.29, 1.82) is 5.26 Å². The molecule has 0 atom stereocenters. The number of rotatable bonds is 3. The first-order valence-corrected chi connectivity index (χ1v) is 5.30. The average molecular weight is 202 g/mol. The van der Waals surface area contributed by atoms with E-state index in [9.17, 15) is 0 Å². The number of anilines is 1. The highest BCUT2D eigenvalue weighted by Gasteiger charge is 2.35. The second-order valence-electron chi connectivity index (χ2n) is 4.02. The molecule has 1 saturated carbocycles. The smallest absolute Gasteiger partial charge is 0.167 e. The molecule has 1 N–H and O–H groups in total. The largest absolute Gasteiger partial charge is 0.362 e. The summed E-state index contributed by atoms with van der Waals surface area (Å²) >= 11 is 0. The molecule has 1 aliphatic carbocycles. The van der Waals surface area contributed by atoms with Crippen molar-refractivity contribution in [2.24, 2.45) is 0 Å². The van der Waals surface area contributed by atoms with Gasteiger partial charge in [-0.25, -0.2) is 0 Å². The van der Waals surface area contributed by atoms with Crippen molar-refractivity contribution < 1.29 is 0 Å². The highest BCUT2D eigenvalue weighted by molar-refractivity contribution is 5.52. The molecule has 0 radical (unpaired) electrons. The van der Waals surface area contributed by atoms with Gasteiger partial charge in [0.2, 0.25) is 0 Å². The molecule has 0 unspecified atom stereocenters. The minimum absolute atomic E-state index is 0.154. The molecular formula is C11H14N4. The lowest BCUT2D eigenvalue weighted by Crippen LogP contribution is -2.44. The maximum absolute atomic E-state index is 8.92. The highest BCUT2D eigenvalue weighted by atomic mass is 15.2. The lowest BCUT2D eigenvalue weighted by atomic mass is 9.75. The van der Waals surface area contributed by atoms with E-state index >= 15 is 0 Å². The van der Waals surface area contributed by atoms with Crippen LogP contribution in [0.4, 0.5) is 5.82 Å². The van der Waals surface area contributed by atoms with Crippen molar-refractivity contribution in [3.63, 3.8) is 0 Å². The minimum atomic E-state index is 0.154. The number of aromatic nitrogens is 2. The molecule has 0 saturated heterocycles. The van der Waals surface area contributed by atoms with Crippen LogP contribution in [0.3, 0.4) is 0 Å². The molecule has 1 aliphatic rings. The molecule has 78 valence electrons. The number of nitrogens with one attached hydrogen (secondary N) is 1. The van der Waals surface area contributed by atoms with Crippen molar-refractivity contribution in [2.75, 3.05) is 5.32 Å². The number of nitrogens with zero attached hydrogens (tertiary/aromatic N) is 3. The summed E-state index contributed by atoms with van der Waals surface area (Å²) in [6.45, 7) is 2.16. The third-order valence-corrected chi connectivity index (χ3v) is 3.21. The van der Waals surface area contributed by atoms with E-state index in [2.05, 4.69) is 28.5 Å². The normalized spacial score (nSPS) is 17.6. The average Bonchev–Trinajstić information content (AvgIpc) is 2.24. The molecule has 4 nitrogen and oxygen atoms in total. The van der Waals surface area contributed by atoms with Crippen LogP contribution in [0.5, 0.6) is 0 Å². The van der Waals surface area contributed by atoms with E-state index < -0.39 is 0 Å². The molecule has 1 fully saturated rings. The second-order valence-corrected chi connectivity index (χ2v) is 4.02. The van der Waals surface area contributed by atoms with E-state index in [-0.39, 0.29) is 5.54 Å². The monoisotopic (exact) mass is 202 g/mol. The van der Waals surface area contributed by atoms with Gasteiger partial charge in [-0.1, -0.05) is 6.92 Å². The van der Waals surface area contributed by atoms with Crippen molar-refractivity contribution in [2.45, 2.75) is 38.1 Å². The van der Waals surface area contributed by atoms with E-state index in [1.54, 1.807) is 12.3 Å². The van der Waals surface area contributed by atoms with Gasteiger partial charge in [0.05, 0.1) is 11.8 Å². The van der Waals surface area contributed by atoms with E-state index in [0.717, 1.165) is 19.3 Å². The Morgan fingerprint density at radius 1 is 1.60 bits per heavy atom. The molecule has 1 aromatic rings. The molecule has 2 rings (SSSR count). The SMILES string of the molecule is CCC1(Nc2nnccc2C#N)CCC1. The van der Waals surface area contributed by atoms with Gasteiger partial charge < -0.3 is 5.32 Å². The third kappa shape index (κ3) is 1.78. The number of hydrogen-bond donors (Lipinski definition) is 1. The van der Waals surface area contributed by atoms with E-state index in [1.807, 2.05) is 0 Å². The first-order chi connectivity index (χ1) is 7.29. The van der Waals surface area contributed by atoms with Crippen LogP contribution in [0.15, 0.2) is 12.3 Å². The lowest BCUT2D eigenvalue weighted by molar-refractivity contribution is 0.268. The second kappa shape index (κ2) is 3.85. The zero-order valence-electron chi connectivity index (χ0n) is 8.82. The van der Waals surface area contributed by atoms with Crippen molar-refractivity contribution in [3.05, 3.63) is 17.8 Å². The van der Waals surface area contributed by atoms with Crippen LogP contribution in [-0.2, 0) is 0 Å². The van der Waals surface area contributed by atoms with Crippen LogP contribution >= 0.6 is 0 Å². The van der Waals surface area contributed by atoms with Gasteiger partial charge in [-0.05, 0) is 31.7 Å². The van der Waals surface area contributed by atoms with Crippen LogP contribution in [0.25, 0.3) is 0 Å². The van der Waals surface area contributed by atoms with Gasteiger partial charge in [0, 0.05) is 5.54 Å². The fourth-order valence-electron chi connectivity index (χ4n) is 1.94.